The summed E-state index contributed by atoms with van der Waals surface area (Å²) in [6.07, 6.45) is 5.25. The van der Waals surface area contributed by atoms with Gasteiger partial charge in [-0.15, -0.1) is 0 Å². The molecule has 3 aromatic rings. The first kappa shape index (κ1) is 31.7. The highest BCUT2D eigenvalue weighted by molar-refractivity contribution is 7.92. The van der Waals surface area contributed by atoms with Crippen LogP contribution in [0.3, 0.4) is 0 Å². The number of halogens is 2. The summed E-state index contributed by atoms with van der Waals surface area (Å²) >= 11 is 12.5. The third-order valence-corrected chi connectivity index (χ3v) is 8.95. The van der Waals surface area contributed by atoms with E-state index in [1.165, 1.54) is 4.90 Å². The maximum Gasteiger partial charge on any atom is 0.244 e. The Hall–Kier alpha value is -3.27. The van der Waals surface area contributed by atoms with E-state index in [0.29, 0.717) is 39.2 Å². The van der Waals surface area contributed by atoms with Crippen molar-refractivity contribution in [2.75, 3.05) is 17.1 Å². The van der Waals surface area contributed by atoms with Crippen LogP contribution >= 0.6 is 23.2 Å². The normalized spacial score (nSPS) is 14.3. The van der Waals surface area contributed by atoms with Gasteiger partial charge in [0.05, 0.1) is 11.9 Å². The van der Waals surface area contributed by atoms with Crippen LogP contribution in [0.25, 0.3) is 0 Å². The number of carbonyl (C=O) groups is 2. The molecule has 0 spiro atoms. The van der Waals surface area contributed by atoms with E-state index >= 15 is 0 Å². The molecule has 1 atom stereocenters. The van der Waals surface area contributed by atoms with Crippen molar-refractivity contribution in [2.24, 2.45) is 0 Å². The van der Waals surface area contributed by atoms with Crippen molar-refractivity contribution in [3.8, 4) is 11.5 Å². The van der Waals surface area contributed by atoms with Crippen molar-refractivity contribution >= 4 is 50.7 Å². The third kappa shape index (κ3) is 8.40. The smallest absolute Gasteiger partial charge is 0.244 e. The lowest BCUT2D eigenvalue weighted by Gasteiger charge is -2.33. The van der Waals surface area contributed by atoms with E-state index in [-0.39, 0.29) is 18.5 Å². The zero-order valence-electron chi connectivity index (χ0n) is 23.6. The van der Waals surface area contributed by atoms with Crippen LogP contribution in [0.15, 0.2) is 72.8 Å². The number of benzene rings is 3. The van der Waals surface area contributed by atoms with Gasteiger partial charge in [-0.25, -0.2) is 8.42 Å². The molecule has 0 aromatic heterocycles. The zero-order valence-corrected chi connectivity index (χ0v) is 26.0. The lowest BCUT2D eigenvalue weighted by atomic mass is 10.1. The van der Waals surface area contributed by atoms with Crippen molar-refractivity contribution in [1.82, 2.24) is 10.2 Å². The monoisotopic (exact) mass is 631 g/mol. The molecule has 4 rings (SSSR count). The molecule has 0 aliphatic heterocycles. The molecule has 1 saturated carbocycles. The van der Waals surface area contributed by atoms with E-state index in [1.807, 2.05) is 37.3 Å². The van der Waals surface area contributed by atoms with Crippen molar-refractivity contribution in [3.63, 3.8) is 0 Å². The van der Waals surface area contributed by atoms with E-state index in [4.69, 9.17) is 27.9 Å². The number of hydrogen-bond acceptors (Lipinski definition) is 5. The number of carbonyl (C=O) groups excluding carboxylic acids is 2. The summed E-state index contributed by atoms with van der Waals surface area (Å²) in [7, 11) is -3.88. The molecule has 42 heavy (non-hydrogen) atoms. The van der Waals surface area contributed by atoms with Gasteiger partial charge in [-0.3, -0.25) is 13.9 Å². The molecule has 0 unspecified atom stereocenters. The fourth-order valence-corrected chi connectivity index (χ4v) is 6.36. The highest BCUT2D eigenvalue weighted by Gasteiger charge is 2.33. The van der Waals surface area contributed by atoms with Gasteiger partial charge in [0.1, 0.15) is 24.1 Å². The molecular weight excluding hydrogens is 597 g/mol. The molecule has 1 aliphatic carbocycles. The summed E-state index contributed by atoms with van der Waals surface area (Å²) in [5.41, 5.74) is 0.883. The number of nitrogens with zero attached hydrogens (tertiary/aromatic N) is 2. The van der Waals surface area contributed by atoms with Gasteiger partial charge < -0.3 is 15.0 Å². The Balaban J connectivity index is 1.60. The van der Waals surface area contributed by atoms with Crippen molar-refractivity contribution in [3.05, 3.63) is 88.4 Å². The van der Waals surface area contributed by atoms with Crippen LogP contribution in [0.2, 0.25) is 10.0 Å². The molecule has 1 N–H and O–H groups in total. The minimum Gasteiger partial charge on any atom is -0.457 e. The molecule has 0 heterocycles. The van der Waals surface area contributed by atoms with Crippen LogP contribution in [0.4, 0.5) is 5.69 Å². The third-order valence-electron chi connectivity index (χ3n) is 7.23. The van der Waals surface area contributed by atoms with Gasteiger partial charge in [0.2, 0.25) is 21.8 Å². The van der Waals surface area contributed by atoms with Crippen LogP contribution in [0.1, 0.15) is 44.6 Å². The quantitative estimate of drug-likeness (QED) is 0.249. The van der Waals surface area contributed by atoms with E-state index in [0.717, 1.165) is 36.2 Å². The number of ether oxygens (including phenoxy) is 1. The molecular formula is C31H35Cl2N3O5S. The average molecular weight is 633 g/mol. The Morgan fingerprint density at radius 2 is 1.62 bits per heavy atom. The maximum atomic E-state index is 14.0. The zero-order chi connectivity index (χ0) is 30.3. The standard InChI is InChI=1S/C31H35Cl2N3O5S/c1-3-29(31(38)34-24-9-7-8-10-24)35(20-22-13-14-23(32)19-28(22)33)30(37)21-36(42(2,39)40)25-15-17-27(18-16-25)41-26-11-5-4-6-12-26/h4-6,11-19,24,29H,3,7-10,20-21H2,1-2H3,(H,34,38)/t29-/m0/s1. The lowest BCUT2D eigenvalue weighted by Crippen LogP contribution is -2.53. The molecule has 2 amide bonds. The molecule has 224 valence electrons. The van der Waals surface area contributed by atoms with Gasteiger partial charge in [0.25, 0.3) is 0 Å². The van der Waals surface area contributed by atoms with Gasteiger partial charge >= 0.3 is 0 Å². The molecule has 0 saturated heterocycles. The minimum absolute atomic E-state index is 0.00683. The number of rotatable bonds is 12. The fourth-order valence-electron chi connectivity index (χ4n) is 5.04. The summed E-state index contributed by atoms with van der Waals surface area (Å²) in [6.45, 7) is 1.32. The van der Waals surface area contributed by atoms with Crippen LogP contribution < -0.4 is 14.4 Å². The van der Waals surface area contributed by atoms with Gasteiger partial charge in [-0.05, 0) is 73.4 Å². The summed E-state index contributed by atoms with van der Waals surface area (Å²) in [5, 5.41) is 3.87. The van der Waals surface area contributed by atoms with Crippen molar-refractivity contribution < 1.29 is 22.7 Å². The second-order valence-electron chi connectivity index (χ2n) is 10.4. The van der Waals surface area contributed by atoms with Crippen LogP contribution in [0.5, 0.6) is 11.5 Å². The van der Waals surface area contributed by atoms with Gasteiger partial charge in [-0.2, -0.15) is 0 Å². The second kappa shape index (κ2) is 14.3. The second-order valence-corrected chi connectivity index (χ2v) is 13.1. The highest BCUT2D eigenvalue weighted by atomic mass is 35.5. The largest absolute Gasteiger partial charge is 0.457 e. The number of sulfonamides is 1. The summed E-state index contributed by atoms with van der Waals surface area (Å²) < 4.78 is 32.7. The first-order chi connectivity index (χ1) is 20.0. The predicted octanol–water partition coefficient (Wildman–Crippen LogP) is 6.42. The van der Waals surface area contributed by atoms with Gasteiger partial charge in [-0.1, -0.05) is 67.2 Å². The van der Waals surface area contributed by atoms with Gasteiger partial charge in [0, 0.05) is 22.6 Å². The topological polar surface area (TPSA) is 96.0 Å². The fraction of sp³-hybridized carbons (Fsp3) is 0.355. The summed E-state index contributed by atoms with van der Waals surface area (Å²) in [5.74, 6) is 0.345. The van der Waals surface area contributed by atoms with Crippen LogP contribution in [-0.2, 0) is 26.2 Å². The number of nitrogens with one attached hydrogen (secondary N) is 1. The SMILES string of the molecule is CC[C@@H](C(=O)NC1CCCC1)N(Cc1ccc(Cl)cc1Cl)C(=O)CN(c1ccc(Oc2ccccc2)cc1)S(C)(=O)=O. The van der Waals surface area contributed by atoms with Crippen molar-refractivity contribution in [1.29, 1.82) is 0 Å². The Morgan fingerprint density at radius 1 is 0.976 bits per heavy atom. The molecule has 3 aromatic carbocycles. The van der Waals surface area contributed by atoms with Crippen LogP contribution in [0, 0.1) is 0 Å². The van der Waals surface area contributed by atoms with E-state index in [2.05, 4.69) is 5.32 Å². The summed E-state index contributed by atoms with van der Waals surface area (Å²) in [6, 6.07) is 19.8. The molecule has 0 bridgehead atoms. The first-order valence-electron chi connectivity index (χ1n) is 13.9. The molecule has 1 fully saturated rings. The maximum absolute atomic E-state index is 14.0. The predicted molar refractivity (Wildman–Crippen MR) is 167 cm³/mol. The van der Waals surface area contributed by atoms with E-state index < -0.39 is 28.5 Å². The van der Waals surface area contributed by atoms with Gasteiger partial charge in [0.15, 0.2) is 0 Å². The van der Waals surface area contributed by atoms with E-state index in [9.17, 15) is 18.0 Å². The highest BCUT2D eigenvalue weighted by Crippen LogP contribution is 2.28. The number of anilines is 1. The Morgan fingerprint density at radius 3 is 2.21 bits per heavy atom. The number of amides is 2. The Bertz CT molecular complexity index is 1480. The molecule has 1 aliphatic rings. The Labute approximate surface area is 257 Å². The van der Waals surface area contributed by atoms with Crippen molar-refractivity contribution in [2.45, 2.75) is 57.7 Å². The number of para-hydroxylation sites is 1. The van der Waals surface area contributed by atoms with Crippen LogP contribution in [-0.4, -0.2) is 50.0 Å². The minimum atomic E-state index is -3.88. The molecule has 0 radical (unpaired) electrons. The Kier molecular flexibility index (Phi) is 10.8. The summed E-state index contributed by atoms with van der Waals surface area (Å²) in [4.78, 5) is 28.8. The van der Waals surface area contributed by atoms with E-state index in [1.54, 1.807) is 42.5 Å². The molecule has 8 nitrogen and oxygen atoms in total. The first-order valence-corrected chi connectivity index (χ1v) is 16.5. The average Bonchev–Trinajstić information content (AvgIpc) is 3.46. The molecule has 11 heteroatoms. The number of hydrogen-bond donors (Lipinski definition) is 1. The lowest BCUT2D eigenvalue weighted by molar-refractivity contribution is -0.140.